The summed E-state index contributed by atoms with van der Waals surface area (Å²) in [5.74, 6) is 0.0514. The Bertz CT molecular complexity index is 995. The maximum absolute atomic E-state index is 12.3. The summed E-state index contributed by atoms with van der Waals surface area (Å²) < 4.78 is 5.64. The number of aromatic amines is 1. The fourth-order valence-electron chi connectivity index (χ4n) is 4.41. The standard InChI is InChI=1S/C22H22N2O2/c1-22(10-3-11-23-22)15-8-6-14(7-9-15)21-17-12-26-13-19(25)16-4-2-5-18(24-21)20(16)17/h2,4-9,23-24H,3,10-13H2,1H3/t22-/m1/s1. The molecule has 1 fully saturated rings. The molecule has 132 valence electrons. The third kappa shape index (κ3) is 2.33. The van der Waals surface area contributed by atoms with Crippen molar-refractivity contribution < 1.29 is 9.53 Å². The topological polar surface area (TPSA) is 54.1 Å². The minimum Gasteiger partial charge on any atom is -0.369 e. The predicted octanol–water partition coefficient (Wildman–Crippen LogP) is 4.15. The van der Waals surface area contributed by atoms with Gasteiger partial charge in [-0.25, -0.2) is 0 Å². The summed E-state index contributed by atoms with van der Waals surface area (Å²) in [5.41, 5.74) is 6.43. The summed E-state index contributed by atoms with van der Waals surface area (Å²) in [6, 6.07) is 14.6. The minimum atomic E-state index is 0.0514. The van der Waals surface area contributed by atoms with Crippen molar-refractivity contribution in [1.82, 2.24) is 10.3 Å². The van der Waals surface area contributed by atoms with Gasteiger partial charge in [0, 0.05) is 27.6 Å². The number of rotatable bonds is 2. The van der Waals surface area contributed by atoms with Gasteiger partial charge in [0.2, 0.25) is 0 Å². The SMILES string of the molecule is C[C@]1(c2ccc(-c3[nH]c4cccc5c4c3COCC5=O)cc2)CCCN1. The molecule has 1 saturated heterocycles. The zero-order valence-corrected chi connectivity index (χ0v) is 14.9. The van der Waals surface area contributed by atoms with Crippen molar-refractivity contribution in [3.05, 3.63) is 59.2 Å². The molecule has 2 aromatic carbocycles. The average molecular weight is 346 g/mol. The second-order valence-electron chi connectivity index (χ2n) is 7.56. The van der Waals surface area contributed by atoms with Gasteiger partial charge in [0.25, 0.3) is 0 Å². The third-order valence-electron chi connectivity index (χ3n) is 5.89. The van der Waals surface area contributed by atoms with Crippen LogP contribution in [0.5, 0.6) is 0 Å². The van der Waals surface area contributed by atoms with E-state index in [4.69, 9.17) is 4.74 Å². The van der Waals surface area contributed by atoms with Crippen LogP contribution in [0.2, 0.25) is 0 Å². The Balaban J connectivity index is 1.62. The molecule has 0 radical (unpaired) electrons. The first kappa shape index (κ1) is 15.8. The van der Waals surface area contributed by atoms with E-state index < -0.39 is 0 Å². The molecule has 1 aromatic heterocycles. The van der Waals surface area contributed by atoms with Crippen LogP contribution >= 0.6 is 0 Å². The fraction of sp³-hybridized carbons (Fsp3) is 0.318. The molecule has 3 aromatic rings. The van der Waals surface area contributed by atoms with E-state index >= 15 is 0 Å². The molecule has 4 nitrogen and oxygen atoms in total. The molecular weight excluding hydrogens is 324 g/mol. The van der Waals surface area contributed by atoms with Crippen molar-refractivity contribution in [3.63, 3.8) is 0 Å². The number of ether oxygens (including phenoxy) is 1. The molecule has 2 aliphatic rings. The van der Waals surface area contributed by atoms with Gasteiger partial charge in [0.1, 0.15) is 6.61 Å². The van der Waals surface area contributed by atoms with Crippen molar-refractivity contribution in [1.29, 1.82) is 0 Å². The van der Waals surface area contributed by atoms with E-state index in [-0.39, 0.29) is 17.9 Å². The van der Waals surface area contributed by atoms with Gasteiger partial charge in [-0.15, -0.1) is 0 Å². The van der Waals surface area contributed by atoms with Gasteiger partial charge in [0.05, 0.1) is 12.3 Å². The summed E-state index contributed by atoms with van der Waals surface area (Å²) in [5, 5.41) is 4.63. The highest BCUT2D eigenvalue weighted by molar-refractivity contribution is 6.11. The number of Topliss-reactive ketones (excluding diaryl/α,β-unsaturated/α-hetero) is 1. The van der Waals surface area contributed by atoms with Crippen LogP contribution in [0.15, 0.2) is 42.5 Å². The molecule has 3 heterocycles. The number of benzene rings is 2. The summed E-state index contributed by atoms with van der Waals surface area (Å²) in [7, 11) is 0. The van der Waals surface area contributed by atoms with Crippen LogP contribution in [0.1, 0.15) is 41.3 Å². The van der Waals surface area contributed by atoms with Gasteiger partial charge in [-0.3, -0.25) is 4.79 Å². The second kappa shape index (κ2) is 5.79. The number of hydrogen-bond acceptors (Lipinski definition) is 3. The Hall–Kier alpha value is -2.43. The number of aromatic nitrogens is 1. The van der Waals surface area contributed by atoms with Crippen molar-refractivity contribution in [3.8, 4) is 11.3 Å². The summed E-state index contributed by atoms with van der Waals surface area (Å²) in [6.07, 6.45) is 2.39. The Morgan fingerprint density at radius 1 is 1.08 bits per heavy atom. The maximum Gasteiger partial charge on any atom is 0.189 e. The van der Waals surface area contributed by atoms with E-state index in [0.717, 1.165) is 39.8 Å². The van der Waals surface area contributed by atoms with Gasteiger partial charge >= 0.3 is 0 Å². The molecule has 0 bridgehead atoms. The molecule has 0 spiro atoms. The van der Waals surface area contributed by atoms with Crippen LogP contribution in [0.3, 0.4) is 0 Å². The molecule has 0 saturated carbocycles. The summed E-state index contributed by atoms with van der Waals surface area (Å²) >= 11 is 0. The number of nitrogens with one attached hydrogen (secondary N) is 2. The van der Waals surface area contributed by atoms with Crippen LogP contribution in [-0.2, 0) is 16.9 Å². The zero-order chi connectivity index (χ0) is 17.7. The van der Waals surface area contributed by atoms with E-state index in [2.05, 4.69) is 41.5 Å². The zero-order valence-electron chi connectivity index (χ0n) is 14.9. The maximum atomic E-state index is 12.3. The monoisotopic (exact) mass is 346 g/mol. The molecule has 1 atom stereocenters. The molecule has 2 N–H and O–H groups in total. The molecule has 26 heavy (non-hydrogen) atoms. The van der Waals surface area contributed by atoms with Gasteiger partial charge in [0.15, 0.2) is 5.78 Å². The molecule has 2 aliphatic heterocycles. The molecular formula is C22H22N2O2. The third-order valence-corrected chi connectivity index (χ3v) is 5.89. The van der Waals surface area contributed by atoms with Crippen LogP contribution in [0.4, 0.5) is 0 Å². The number of carbonyl (C=O) groups excluding carboxylic acids is 1. The van der Waals surface area contributed by atoms with Crippen molar-refractivity contribution >= 4 is 16.7 Å². The molecule has 4 heteroatoms. The lowest BCUT2D eigenvalue weighted by atomic mass is 9.89. The molecule has 0 aliphatic carbocycles. The molecule has 5 rings (SSSR count). The summed E-state index contributed by atoms with van der Waals surface area (Å²) in [4.78, 5) is 15.8. The predicted molar refractivity (Wildman–Crippen MR) is 102 cm³/mol. The lowest BCUT2D eigenvalue weighted by Gasteiger charge is -2.25. The highest BCUT2D eigenvalue weighted by Crippen LogP contribution is 2.36. The van der Waals surface area contributed by atoms with Crippen molar-refractivity contribution in [2.75, 3.05) is 13.2 Å². The first-order chi connectivity index (χ1) is 12.7. The van der Waals surface area contributed by atoms with E-state index in [0.29, 0.717) is 6.61 Å². The first-order valence-electron chi connectivity index (χ1n) is 9.26. The van der Waals surface area contributed by atoms with Crippen LogP contribution < -0.4 is 5.32 Å². The Labute approximate surface area is 152 Å². The molecule has 0 amide bonds. The van der Waals surface area contributed by atoms with E-state index in [1.165, 1.54) is 18.4 Å². The van der Waals surface area contributed by atoms with Gasteiger partial charge in [-0.2, -0.15) is 0 Å². The quantitative estimate of drug-likeness (QED) is 0.733. The molecule has 0 unspecified atom stereocenters. The normalized spacial score (nSPS) is 22.7. The Morgan fingerprint density at radius 3 is 2.69 bits per heavy atom. The van der Waals surface area contributed by atoms with Crippen LogP contribution in [0.25, 0.3) is 22.2 Å². The number of hydrogen-bond donors (Lipinski definition) is 2. The lowest BCUT2D eigenvalue weighted by Crippen LogP contribution is -2.32. The number of H-pyrrole nitrogens is 1. The van der Waals surface area contributed by atoms with E-state index in [1.807, 2.05) is 18.2 Å². The minimum absolute atomic E-state index is 0.0514. The van der Waals surface area contributed by atoms with E-state index in [9.17, 15) is 4.79 Å². The highest BCUT2D eigenvalue weighted by atomic mass is 16.5. The van der Waals surface area contributed by atoms with Crippen molar-refractivity contribution in [2.24, 2.45) is 0 Å². The van der Waals surface area contributed by atoms with Gasteiger partial charge in [-0.05, 0) is 43.5 Å². The average Bonchev–Trinajstić information content (AvgIpc) is 3.22. The number of ketones is 1. The van der Waals surface area contributed by atoms with Crippen molar-refractivity contribution in [2.45, 2.75) is 31.9 Å². The first-order valence-corrected chi connectivity index (χ1v) is 9.26. The van der Waals surface area contributed by atoms with Gasteiger partial charge < -0.3 is 15.0 Å². The summed E-state index contributed by atoms with van der Waals surface area (Å²) in [6.45, 7) is 3.96. The fourth-order valence-corrected chi connectivity index (χ4v) is 4.41. The highest BCUT2D eigenvalue weighted by Gasteiger charge is 2.30. The van der Waals surface area contributed by atoms with Gasteiger partial charge in [-0.1, -0.05) is 36.4 Å². The number of carbonyl (C=O) groups is 1. The van der Waals surface area contributed by atoms with Crippen LogP contribution in [0, 0.1) is 0 Å². The lowest BCUT2D eigenvalue weighted by molar-refractivity contribution is 0.0742. The Morgan fingerprint density at radius 2 is 1.92 bits per heavy atom. The largest absolute Gasteiger partial charge is 0.369 e. The second-order valence-corrected chi connectivity index (χ2v) is 7.56. The van der Waals surface area contributed by atoms with Crippen LogP contribution in [-0.4, -0.2) is 23.9 Å². The Kier molecular flexibility index (Phi) is 3.52. The van der Waals surface area contributed by atoms with E-state index in [1.54, 1.807) is 0 Å². The smallest absolute Gasteiger partial charge is 0.189 e.